The van der Waals surface area contributed by atoms with Crippen molar-refractivity contribution in [1.82, 2.24) is 0 Å². The molecule has 2 nitrogen and oxygen atoms in total. The molecule has 11 heavy (non-hydrogen) atoms. The van der Waals surface area contributed by atoms with E-state index in [0.29, 0.717) is 6.29 Å². The van der Waals surface area contributed by atoms with E-state index in [9.17, 15) is 9.59 Å². The number of hydrogen-bond acceptors (Lipinski definition) is 2. The van der Waals surface area contributed by atoms with Crippen LogP contribution in [-0.4, -0.2) is 17.4 Å². The van der Waals surface area contributed by atoms with E-state index < -0.39 is 4.87 Å². The van der Waals surface area contributed by atoms with Crippen LogP contribution in [-0.2, 0) is 9.59 Å². The van der Waals surface area contributed by atoms with Crippen LogP contribution < -0.4 is 0 Å². The Morgan fingerprint density at radius 3 is 1.45 bits per heavy atom. The van der Waals surface area contributed by atoms with Gasteiger partial charge in [0, 0.05) is 5.92 Å². The monoisotopic (exact) mass is 178 g/mol. The number of carbonyl (C=O) groups excluding carboxylic acids is 2. The highest BCUT2D eigenvalue weighted by Gasteiger charge is 2.08. The van der Waals surface area contributed by atoms with Gasteiger partial charge in [0.2, 0.25) is 0 Å². The van der Waals surface area contributed by atoms with E-state index in [0.717, 1.165) is 6.29 Å². The minimum absolute atomic E-state index is 0.204. The van der Waals surface area contributed by atoms with Gasteiger partial charge in [0.15, 0.2) is 0 Å². The molecule has 0 aliphatic carbocycles. The molecule has 0 heterocycles. The van der Waals surface area contributed by atoms with Crippen LogP contribution >= 0.6 is 11.6 Å². The summed E-state index contributed by atoms with van der Waals surface area (Å²) in [5.41, 5.74) is 0. The van der Waals surface area contributed by atoms with Gasteiger partial charge in [-0.25, -0.2) is 0 Å². The highest BCUT2D eigenvalue weighted by Crippen LogP contribution is 2.05. The van der Waals surface area contributed by atoms with Gasteiger partial charge in [0.1, 0.15) is 12.6 Å². The molecule has 0 spiro atoms. The molecule has 0 aromatic carbocycles. The smallest absolute Gasteiger partial charge is 0.140 e. The molecule has 66 valence electrons. The first kappa shape index (κ1) is 13.2. The minimum atomic E-state index is -0.667. The van der Waals surface area contributed by atoms with Gasteiger partial charge in [0.05, 0.1) is 4.87 Å². The number of aldehydes is 2. The minimum Gasteiger partial charge on any atom is -0.303 e. The number of hydrogen-bond donors (Lipinski definition) is 0. The second kappa shape index (κ2) is 6.35. The van der Waals surface area contributed by atoms with Crippen molar-refractivity contribution in [2.45, 2.75) is 32.6 Å². The number of alkyl halides is 1. The summed E-state index contributed by atoms with van der Waals surface area (Å²) in [5, 5.41) is 0. The Labute approximate surface area is 72.9 Å². The van der Waals surface area contributed by atoms with E-state index in [-0.39, 0.29) is 5.92 Å². The van der Waals surface area contributed by atoms with Gasteiger partial charge in [0.25, 0.3) is 0 Å². The molecule has 0 saturated heterocycles. The van der Waals surface area contributed by atoms with Gasteiger partial charge < -0.3 is 9.59 Å². The van der Waals surface area contributed by atoms with Gasteiger partial charge in [-0.2, -0.15) is 0 Å². The standard InChI is InChI=1S/C4H7ClO.C4H8O/c1-4(2,5)3-6;1-4(2)3-5/h3H,1-2H3;3-4H,1-2H3. The molecule has 0 N–H and O–H groups in total. The normalized spacial score (nSPS) is 10.0. The van der Waals surface area contributed by atoms with Crippen LogP contribution in [0.4, 0.5) is 0 Å². The fraction of sp³-hybridized carbons (Fsp3) is 0.750. The van der Waals surface area contributed by atoms with Crippen LogP contribution in [0.1, 0.15) is 27.7 Å². The van der Waals surface area contributed by atoms with Gasteiger partial charge in [-0.3, -0.25) is 0 Å². The third-order valence-corrected chi connectivity index (χ3v) is 0.641. The molecule has 0 amide bonds. The lowest BCUT2D eigenvalue weighted by Gasteiger charge is -2.00. The molecule has 0 bridgehead atoms. The van der Waals surface area contributed by atoms with E-state index in [4.69, 9.17) is 11.6 Å². The Kier molecular flexibility index (Phi) is 7.64. The Morgan fingerprint density at radius 1 is 1.27 bits per heavy atom. The Hall–Kier alpha value is -0.370. The highest BCUT2D eigenvalue weighted by molar-refractivity contribution is 6.30. The lowest BCUT2D eigenvalue weighted by molar-refractivity contribution is -0.110. The maximum Gasteiger partial charge on any atom is 0.140 e. The summed E-state index contributed by atoms with van der Waals surface area (Å²) >= 11 is 5.35. The summed E-state index contributed by atoms with van der Waals surface area (Å²) in [7, 11) is 0. The first-order valence-electron chi connectivity index (χ1n) is 3.44. The van der Waals surface area contributed by atoms with Crippen LogP contribution in [0.3, 0.4) is 0 Å². The SMILES string of the molecule is CC(C)(Cl)C=O.CC(C)C=O. The third kappa shape index (κ3) is 26.2. The number of carbonyl (C=O) groups is 2. The maximum absolute atomic E-state index is 9.69. The zero-order valence-corrected chi connectivity index (χ0v) is 8.18. The molecular weight excluding hydrogens is 164 g/mol. The fourth-order valence-electron chi connectivity index (χ4n) is 0. The summed E-state index contributed by atoms with van der Waals surface area (Å²) in [6.45, 7) is 6.99. The molecule has 0 aromatic rings. The predicted molar refractivity (Wildman–Crippen MR) is 46.9 cm³/mol. The van der Waals surface area contributed by atoms with Crippen molar-refractivity contribution in [1.29, 1.82) is 0 Å². The number of rotatable bonds is 2. The van der Waals surface area contributed by atoms with Gasteiger partial charge in [-0.05, 0) is 13.8 Å². The van der Waals surface area contributed by atoms with Crippen LogP contribution in [0.5, 0.6) is 0 Å². The zero-order chi connectivity index (χ0) is 9.49. The highest BCUT2D eigenvalue weighted by atomic mass is 35.5. The predicted octanol–water partition coefficient (Wildman–Crippen LogP) is 2.04. The van der Waals surface area contributed by atoms with Crippen molar-refractivity contribution >= 4 is 24.2 Å². The Balaban J connectivity index is 0. The summed E-state index contributed by atoms with van der Waals surface area (Å²) in [5.74, 6) is 0.204. The van der Waals surface area contributed by atoms with Crippen molar-refractivity contribution in [3.63, 3.8) is 0 Å². The van der Waals surface area contributed by atoms with E-state index in [1.54, 1.807) is 13.8 Å². The molecule has 0 rings (SSSR count). The third-order valence-electron chi connectivity index (χ3n) is 0.552. The second-order valence-electron chi connectivity index (χ2n) is 3.06. The van der Waals surface area contributed by atoms with E-state index in [1.807, 2.05) is 13.8 Å². The average Bonchev–Trinajstić information content (AvgIpc) is 1.88. The van der Waals surface area contributed by atoms with E-state index in [1.165, 1.54) is 0 Å². The van der Waals surface area contributed by atoms with E-state index in [2.05, 4.69) is 0 Å². The zero-order valence-electron chi connectivity index (χ0n) is 7.43. The van der Waals surface area contributed by atoms with Crippen molar-refractivity contribution in [3.8, 4) is 0 Å². The Bertz CT molecular complexity index is 114. The summed E-state index contributed by atoms with van der Waals surface area (Å²) in [4.78, 5) is 18.5. The average molecular weight is 179 g/mol. The molecule has 0 unspecified atom stereocenters. The van der Waals surface area contributed by atoms with Crippen LogP contribution in [0.15, 0.2) is 0 Å². The summed E-state index contributed by atoms with van der Waals surface area (Å²) < 4.78 is 0. The molecule has 0 radical (unpaired) electrons. The maximum atomic E-state index is 9.69. The van der Waals surface area contributed by atoms with Crippen LogP contribution in [0.2, 0.25) is 0 Å². The Morgan fingerprint density at radius 2 is 1.45 bits per heavy atom. The van der Waals surface area contributed by atoms with Crippen molar-refractivity contribution in [2.24, 2.45) is 5.92 Å². The second-order valence-corrected chi connectivity index (χ2v) is 4.04. The van der Waals surface area contributed by atoms with Crippen LogP contribution in [0.25, 0.3) is 0 Å². The quantitative estimate of drug-likeness (QED) is 0.479. The largest absolute Gasteiger partial charge is 0.303 e. The first-order chi connectivity index (χ1) is 4.83. The molecule has 0 saturated carbocycles. The molecule has 0 aliphatic rings. The lowest BCUT2D eigenvalue weighted by atomic mass is 10.2. The molecule has 0 atom stereocenters. The van der Waals surface area contributed by atoms with Crippen molar-refractivity contribution in [3.05, 3.63) is 0 Å². The van der Waals surface area contributed by atoms with Gasteiger partial charge in [-0.1, -0.05) is 13.8 Å². The first-order valence-corrected chi connectivity index (χ1v) is 3.82. The molecule has 3 heteroatoms. The van der Waals surface area contributed by atoms with Gasteiger partial charge in [-0.15, -0.1) is 11.6 Å². The van der Waals surface area contributed by atoms with Crippen molar-refractivity contribution in [2.75, 3.05) is 0 Å². The van der Waals surface area contributed by atoms with Crippen LogP contribution in [0, 0.1) is 5.92 Å². The van der Waals surface area contributed by atoms with E-state index >= 15 is 0 Å². The summed E-state index contributed by atoms with van der Waals surface area (Å²) in [6.07, 6.45) is 1.62. The molecule has 0 aromatic heterocycles. The molecular formula is C8H15ClO2. The van der Waals surface area contributed by atoms with Crippen molar-refractivity contribution < 1.29 is 9.59 Å². The molecule has 0 aliphatic heterocycles. The lowest BCUT2D eigenvalue weighted by Crippen LogP contribution is -2.10. The fourth-order valence-corrected chi connectivity index (χ4v) is 0. The summed E-state index contributed by atoms with van der Waals surface area (Å²) in [6, 6.07) is 0. The topological polar surface area (TPSA) is 34.1 Å². The number of halogens is 1. The van der Waals surface area contributed by atoms with Gasteiger partial charge >= 0.3 is 0 Å². The molecule has 0 fully saturated rings.